The van der Waals surface area contributed by atoms with Crippen LogP contribution in [0.5, 0.6) is 17.2 Å². The van der Waals surface area contributed by atoms with Crippen molar-refractivity contribution in [1.29, 1.82) is 0 Å². The van der Waals surface area contributed by atoms with Crippen LogP contribution in [0.4, 0.5) is 0 Å². The Kier molecular flexibility index (Phi) is 7.88. The molecule has 3 rings (SSSR count). The van der Waals surface area contributed by atoms with Crippen molar-refractivity contribution < 1.29 is 39.1 Å². The van der Waals surface area contributed by atoms with Crippen molar-refractivity contribution in [1.82, 2.24) is 0 Å². The van der Waals surface area contributed by atoms with Gasteiger partial charge in [-0.2, -0.15) is 0 Å². The lowest BCUT2D eigenvalue weighted by atomic mass is 9.90. The van der Waals surface area contributed by atoms with E-state index in [0.29, 0.717) is 29.8 Å². The van der Waals surface area contributed by atoms with Gasteiger partial charge in [-0.15, -0.1) is 0 Å². The van der Waals surface area contributed by atoms with E-state index in [4.69, 9.17) is 24.1 Å². The largest absolute Gasteiger partial charge is 0.516 e. The molecule has 8 heteroatoms. The van der Waals surface area contributed by atoms with Crippen LogP contribution in [0, 0.1) is 5.92 Å². The molecular weight excluding hydrogens is 416 g/mol. The second kappa shape index (κ2) is 10.8. The number of aliphatic hydroxyl groups is 3. The van der Waals surface area contributed by atoms with Gasteiger partial charge in [-0.1, -0.05) is 24.3 Å². The summed E-state index contributed by atoms with van der Waals surface area (Å²) in [4.78, 5) is 11.3. The molecule has 1 aliphatic rings. The molecule has 1 aliphatic heterocycles. The van der Waals surface area contributed by atoms with Crippen LogP contribution in [0.1, 0.15) is 11.1 Å². The zero-order valence-electron chi connectivity index (χ0n) is 17.7. The molecule has 2 aromatic carbocycles. The summed E-state index contributed by atoms with van der Waals surface area (Å²) in [6, 6.07) is 12.6. The van der Waals surface area contributed by atoms with Gasteiger partial charge in [0.15, 0.2) is 0 Å². The molecule has 0 saturated carbocycles. The van der Waals surface area contributed by atoms with Gasteiger partial charge in [-0.05, 0) is 41.5 Å². The van der Waals surface area contributed by atoms with Crippen molar-refractivity contribution in [3.8, 4) is 17.2 Å². The number of hydrogen-bond acceptors (Lipinski definition) is 8. The maximum atomic E-state index is 11.3. The second-order valence-electron chi connectivity index (χ2n) is 7.17. The lowest BCUT2D eigenvalue weighted by Gasteiger charge is -2.39. The lowest BCUT2D eigenvalue weighted by molar-refractivity contribution is -0.240. The molecule has 0 radical (unpaired) electrons. The van der Waals surface area contributed by atoms with Gasteiger partial charge in [0.2, 0.25) is 6.29 Å². The Hall–Kier alpha value is -3.33. The van der Waals surface area contributed by atoms with E-state index in [9.17, 15) is 15.0 Å². The first-order valence-electron chi connectivity index (χ1n) is 9.94. The molecule has 0 amide bonds. The van der Waals surface area contributed by atoms with Crippen molar-refractivity contribution in [2.75, 3.05) is 14.2 Å². The second-order valence-corrected chi connectivity index (χ2v) is 7.17. The third kappa shape index (κ3) is 5.47. The van der Waals surface area contributed by atoms with E-state index in [2.05, 4.69) is 0 Å². The number of hydrogen-bond donors (Lipinski definition) is 3. The molecule has 0 aliphatic carbocycles. The Balaban J connectivity index is 1.70. The predicted octanol–water partition coefficient (Wildman–Crippen LogP) is 2.59. The number of aliphatic hydroxyl groups excluding tert-OH is 3. The zero-order chi connectivity index (χ0) is 23.1. The number of carbonyl (C=O) groups is 1. The van der Waals surface area contributed by atoms with Crippen molar-refractivity contribution in [2.45, 2.75) is 24.6 Å². The summed E-state index contributed by atoms with van der Waals surface area (Å²) in [5.41, 5.74) is 1.80. The molecule has 2 aromatic rings. The van der Waals surface area contributed by atoms with Gasteiger partial charge in [0.1, 0.15) is 35.7 Å². The standard InChI is InChI=1S/C24H26O8/c1-29-18-11-16(12-19(13-18)30-2)4-3-15-5-7-17(8-6-15)31-24-23(28)20(14-26)22(27)21(32-24)9-10-25/h3-14,20-25,27-28H,1-2H3/b4-3+,10-9?/t20-,21+,22-,23+,24?/m0/s1. The fourth-order valence-electron chi connectivity index (χ4n) is 3.33. The molecule has 170 valence electrons. The van der Waals surface area contributed by atoms with Gasteiger partial charge >= 0.3 is 0 Å². The molecule has 0 spiro atoms. The predicted molar refractivity (Wildman–Crippen MR) is 118 cm³/mol. The minimum Gasteiger partial charge on any atom is -0.516 e. The number of carbonyl (C=O) groups excluding carboxylic acids is 1. The molecule has 1 unspecified atom stereocenters. The third-order valence-corrected chi connectivity index (χ3v) is 5.10. The third-order valence-electron chi connectivity index (χ3n) is 5.10. The molecule has 3 N–H and O–H groups in total. The van der Waals surface area contributed by atoms with Crippen LogP contribution in [-0.2, 0) is 9.53 Å². The molecular formula is C24H26O8. The highest BCUT2D eigenvalue weighted by molar-refractivity contribution is 5.71. The highest BCUT2D eigenvalue weighted by Gasteiger charge is 2.44. The summed E-state index contributed by atoms with van der Waals surface area (Å²) in [7, 11) is 3.18. The summed E-state index contributed by atoms with van der Waals surface area (Å²) in [5.74, 6) is 0.665. The number of aldehydes is 1. The number of methoxy groups -OCH3 is 2. The van der Waals surface area contributed by atoms with Gasteiger partial charge in [0.05, 0.1) is 32.5 Å². The molecule has 32 heavy (non-hydrogen) atoms. The summed E-state index contributed by atoms with van der Waals surface area (Å²) in [6.45, 7) is 0. The summed E-state index contributed by atoms with van der Waals surface area (Å²) < 4.78 is 21.7. The van der Waals surface area contributed by atoms with Crippen LogP contribution in [0.3, 0.4) is 0 Å². The first-order valence-corrected chi connectivity index (χ1v) is 9.94. The molecule has 1 saturated heterocycles. The molecule has 0 bridgehead atoms. The van der Waals surface area contributed by atoms with Gasteiger partial charge in [0.25, 0.3) is 0 Å². The Labute approximate surface area is 185 Å². The van der Waals surface area contributed by atoms with Crippen LogP contribution >= 0.6 is 0 Å². The van der Waals surface area contributed by atoms with Crippen molar-refractivity contribution >= 4 is 18.4 Å². The summed E-state index contributed by atoms with van der Waals surface area (Å²) in [5, 5.41) is 29.4. The van der Waals surface area contributed by atoms with Crippen LogP contribution in [-0.4, -0.2) is 60.4 Å². The maximum Gasteiger partial charge on any atom is 0.227 e. The zero-order valence-corrected chi connectivity index (χ0v) is 17.7. The highest BCUT2D eigenvalue weighted by atomic mass is 16.7. The van der Waals surface area contributed by atoms with Crippen LogP contribution in [0.2, 0.25) is 0 Å². The minimum absolute atomic E-state index is 0.405. The monoisotopic (exact) mass is 442 g/mol. The quantitative estimate of drug-likeness (QED) is 0.325. The van der Waals surface area contributed by atoms with Crippen LogP contribution in [0.25, 0.3) is 12.2 Å². The molecule has 8 nitrogen and oxygen atoms in total. The SMILES string of the molecule is COc1cc(/C=C/c2ccc(OC3O[C@H](C=CO)[C@@H](O)[C@H](C=O)[C@H]3O)cc2)cc(OC)c1. The fourth-order valence-corrected chi connectivity index (χ4v) is 3.33. The summed E-state index contributed by atoms with van der Waals surface area (Å²) in [6.07, 6.45) is 1.32. The van der Waals surface area contributed by atoms with Gasteiger partial charge in [-0.3, -0.25) is 0 Å². The van der Waals surface area contributed by atoms with Gasteiger partial charge in [-0.25, -0.2) is 0 Å². The topological polar surface area (TPSA) is 115 Å². The van der Waals surface area contributed by atoms with Gasteiger partial charge in [0, 0.05) is 6.07 Å². The first-order chi connectivity index (χ1) is 15.5. The Morgan fingerprint density at radius 2 is 1.50 bits per heavy atom. The van der Waals surface area contributed by atoms with E-state index in [-0.39, 0.29) is 0 Å². The number of ether oxygens (including phenoxy) is 4. The van der Waals surface area contributed by atoms with Crippen molar-refractivity contribution in [3.63, 3.8) is 0 Å². The van der Waals surface area contributed by atoms with E-state index in [0.717, 1.165) is 11.1 Å². The number of rotatable bonds is 8. The van der Waals surface area contributed by atoms with E-state index in [1.807, 2.05) is 36.4 Å². The smallest absolute Gasteiger partial charge is 0.227 e. The van der Waals surface area contributed by atoms with E-state index < -0.39 is 30.5 Å². The average Bonchev–Trinajstić information content (AvgIpc) is 2.81. The van der Waals surface area contributed by atoms with E-state index >= 15 is 0 Å². The molecule has 5 atom stereocenters. The Bertz CT molecular complexity index is 931. The molecule has 0 aromatic heterocycles. The number of benzene rings is 2. The van der Waals surface area contributed by atoms with E-state index in [1.165, 1.54) is 6.08 Å². The van der Waals surface area contributed by atoms with E-state index in [1.54, 1.807) is 32.4 Å². The van der Waals surface area contributed by atoms with Crippen molar-refractivity contribution in [3.05, 3.63) is 65.9 Å². The van der Waals surface area contributed by atoms with Crippen LogP contribution in [0.15, 0.2) is 54.8 Å². The Morgan fingerprint density at radius 3 is 2.06 bits per heavy atom. The first kappa shape index (κ1) is 23.3. The Morgan fingerprint density at radius 1 is 0.875 bits per heavy atom. The lowest BCUT2D eigenvalue weighted by Crippen LogP contribution is -2.56. The molecule has 1 fully saturated rings. The maximum absolute atomic E-state index is 11.3. The van der Waals surface area contributed by atoms with Gasteiger partial charge < -0.3 is 39.1 Å². The highest BCUT2D eigenvalue weighted by Crippen LogP contribution is 2.28. The average molecular weight is 442 g/mol. The minimum atomic E-state index is -1.37. The normalized spacial score (nSPS) is 25.7. The summed E-state index contributed by atoms with van der Waals surface area (Å²) >= 11 is 0. The fraction of sp³-hybridized carbons (Fsp3) is 0.292. The molecule has 1 heterocycles. The van der Waals surface area contributed by atoms with Crippen LogP contribution < -0.4 is 14.2 Å². The van der Waals surface area contributed by atoms with Crippen molar-refractivity contribution in [2.24, 2.45) is 5.92 Å².